The quantitative estimate of drug-likeness (QED) is 0.454. The van der Waals surface area contributed by atoms with Crippen molar-refractivity contribution < 1.29 is 4.79 Å². The van der Waals surface area contributed by atoms with Crippen LogP contribution in [-0.2, 0) is 4.79 Å². The lowest BCUT2D eigenvalue weighted by Crippen LogP contribution is -2.03. The molecule has 0 amide bonds. The zero-order valence-corrected chi connectivity index (χ0v) is 7.33. The normalized spacial score (nSPS) is 10.4. The Kier molecular flexibility index (Phi) is 7.49. The number of ketones is 1. The molecule has 0 spiro atoms. The molecule has 0 bridgehead atoms. The third-order valence-electron chi connectivity index (χ3n) is 1.41. The largest absolute Gasteiger partial charge is 0.330 e. The van der Waals surface area contributed by atoms with Crippen LogP contribution in [0.2, 0.25) is 0 Å². The Bertz CT molecular complexity index is 164. The molecule has 0 atom stereocenters. The predicted octanol–water partition coefficient (Wildman–Crippen LogP) is 0.941. The van der Waals surface area contributed by atoms with Crippen LogP contribution in [0.5, 0.6) is 0 Å². The average Bonchev–Trinajstić information content (AvgIpc) is 2.09. The third-order valence-corrected chi connectivity index (χ3v) is 1.41. The summed E-state index contributed by atoms with van der Waals surface area (Å²) in [4.78, 5) is 14.6. The Labute approximate surface area is 73.4 Å². The van der Waals surface area contributed by atoms with E-state index < -0.39 is 0 Å². The number of Topliss-reactive ketones (excluding diaryl/α,β-unsaturated/α-hetero) is 1. The van der Waals surface area contributed by atoms with Crippen LogP contribution in [0, 0.1) is 0 Å². The molecule has 0 saturated carbocycles. The molecule has 68 valence electrons. The summed E-state index contributed by atoms with van der Waals surface area (Å²) in [6.07, 6.45) is 5.53. The van der Waals surface area contributed by atoms with E-state index in [2.05, 4.69) is 11.7 Å². The predicted molar refractivity (Wildman–Crippen MR) is 51.5 cm³/mol. The number of carbonyl (C=O) groups is 1. The number of rotatable bonds is 7. The molecule has 12 heavy (non-hydrogen) atoms. The molecule has 3 nitrogen and oxygen atoms in total. The zero-order valence-electron chi connectivity index (χ0n) is 7.33. The summed E-state index contributed by atoms with van der Waals surface area (Å²) in [6, 6.07) is 0. The first kappa shape index (κ1) is 11.0. The maximum Gasteiger partial charge on any atom is 0.136 e. The SMILES string of the molecule is C=NC/C=C\CC(=O)CCCN. The van der Waals surface area contributed by atoms with Gasteiger partial charge in [0.25, 0.3) is 0 Å². The van der Waals surface area contributed by atoms with Crippen LogP contribution in [0.15, 0.2) is 17.1 Å². The number of carbonyl (C=O) groups excluding carboxylic acids is 1. The van der Waals surface area contributed by atoms with Gasteiger partial charge in [0.05, 0.1) is 6.54 Å². The first-order valence-corrected chi connectivity index (χ1v) is 4.10. The van der Waals surface area contributed by atoms with Gasteiger partial charge in [-0.3, -0.25) is 9.79 Å². The molecule has 0 aromatic heterocycles. The summed E-state index contributed by atoms with van der Waals surface area (Å²) >= 11 is 0. The highest BCUT2D eigenvalue weighted by Gasteiger charge is 1.96. The molecule has 0 saturated heterocycles. The van der Waals surface area contributed by atoms with Gasteiger partial charge in [0.2, 0.25) is 0 Å². The fourth-order valence-electron chi connectivity index (χ4n) is 0.765. The van der Waals surface area contributed by atoms with Gasteiger partial charge >= 0.3 is 0 Å². The van der Waals surface area contributed by atoms with Crippen LogP contribution in [-0.4, -0.2) is 25.6 Å². The molecule has 0 aliphatic rings. The standard InChI is InChI=1S/C9H16N2O/c1-11-8-3-2-5-9(12)6-4-7-10/h2-3H,1,4-8,10H2/b3-2-. The van der Waals surface area contributed by atoms with Gasteiger partial charge in [0.1, 0.15) is 5.78 Å². The zero-order chi connectivity index (χ0) is 9.23. The lowest BCUT2D eigenvalue weighted by Gasteiger charge is -1.93. The van der Waals surface area contributed by atoms with Crippen molar-refractivity contribution in [3.05, 3.63) is 12.2 Å². The van der Waals surface area contributed by atoms with E-state index in [9.17, 15) is 4.79 Å². The third kappa shape index (κ3) is 7.15. The van der Waals surface area contributed by atoms with Crippen molar-refractivity contribution >= 4 is 12.5 Å². The van der Waals surface area contributed by atoms with Crippen LogP contribution in [0.1, 0.15) is 19.3 Å². The second-order valence-electron chi connectivity index (χ2n) is 2.51. The Morgan fingerprint density at radius 3 is 2.83 bits per heavy atom. The van der Waals surface area contributed by atoms with E-state index in [1.165, 1.54) is 0 Å². The minimum absolute atomic E-state index is 0.237. The summed E-state index contributed by atoms with van der Waals surface area (Å²) < 4.78 is 0. The van der Waals surface area contributed by atoms with E-state index in [4.69, 9.17) is 5.73 Å². The molecule has 2 N–H and O–H groups in total. The molecule has 0 rings (SSSR count). The smallest absolute Gasteiger partial charge is 0.136 e. The number of aliphatic imine (C=N–C) groups is 1. The Morgan fingerprint density at radius 1 is 1.50 bits per heavy atom. The molecule has 0 aliphatic heterocycles. The number of nitrogens with zero attached hydrogens (tertiary/aromatic N) is 1. The lowest BCUT2D eigenvalue weighted by atomic mass is 10.1. The molecule has 0 aromatic carbocycles. The summed E-state index contributed by atoms with van der Waals surface area (Å²) in [5.74, 6) is 0.237. The monoisotopic (exact) mass is 168 g/mol. The molecular formula is C9H16N2O. The molecular weight excluding hydrogens is 152 g/mol. The maximum absolute atomic E-state index is 11.0. The first-order valence-electron chi connectivity index (χ1n) is 4.10. The van der Waals surface area contributed by atoms with Crippen LogP contribution in [0.4, 0.5) is 0 Å². The van der Waals surface area contributed by atoms with Gasteiger partial charge in [-0.2, -0.15) is 0 Å². The molecule has 0 fully saturated rings. The summed E-state index contributed by atoms with van der Waals surface area (Å²) in [7, 11) is 0. The minimum Gasteiger partial charge on any atom is -0.330 e. The topological polar surface area (TPSA) is 55.5 Å². The van der Waals surface area contributed by atoms with Crippen LogP contribution >= 0.6 is 0 Å². The second kappa shape index (κ2) is 8.14. The summed E-state index contributed by atoms with van der Waals surface area (Å²) in [6.45, 7) is 4.50. The fourth-order valence-corrected chi connectivity index (χ4v) is 0.765. The number of hydrogen-bond acceptors (Lipinski definition) is 3. The molecule has 0 radical (unpaired) electrons. The first-order chi connectivity index (χ1) is 5.81. The Balaban J connectivity index is 3.36. The fraction of sp³-hybridized carbons (Fsp3) is 0.556. The van der Waals surface area contributed by atoms with Crippen molar-refractivity contribution in [2.75, 3.05) is 13.1 Å². The number of allylic oxidation sites excluding steroid dienone is 1. The highest BCUT2D eigenvalue weighted by Crippen LogP contribution is 1.94. The van der Waals surface area contributed by atoms with Crippen molar-refractivity contribution in [2.45, 2.75) is 19.3 Å². The lowest BCUT2D eigenvalue weighted by molar-refractivity contribution is -0.118. The average molecular weight is 168 g/mol. The maximum atomic E-state index is 11.0. The van der Waals surface area contributed by atoms with Gasteiger partial charge in [-0.15, -0.1) is 0 Å². The van der Waals surface area contributed by atoms with Gasteiger partial charge in [-0.25, -0.2) is 0 Å². The number of nitrogens with two attached hydrogens (primary N) is 1. The van der Waals surface area contributed by atoms with Gasteiger partial charge in [0.15, 0.2) is 0 Å². The van der Waals surface area contributed by atoms with E-state index in [0.29, 0.717) is 25.9 Å². The highest BCUT2D eigenvalue weighted by molar-refractivity contribution is 5.79. The molecule has 3 heteroatoms. The van der Waals surface area contributed by atoms with Gasteiger partial charge in [-0.1, -0.05) is 12.2 Å². The van der Waals surface area contributed by atoms with E-state index in [1.807, 2.05) is 12.2 Å². The molecule has 0 unspecified atom stereocenters. The van der Waals surface area contributed by atoms with E-state index in [0.717, 1.165) is 6.42 Å². The van der Waals surface area contributed by atoms with Gasteiger partial charge in [-0.05, 0) is 19.7 Å². The van der Waals surface area contributed by atoms with Gasteiger partial charge < -0.3 is 5.73 Å². The minimum atomic E-state index is 0.237. The van der Waals surface area contributed by atoms with Crippen LogP contribution in [0.25, 0.3) is 0 Å². The van der Waals surface area contributed by atoms with Crippen LogP contribution < -0.4 is 5.73 Å². The Hall–Kier alpha value is -0.960. The van der Waals surface area contributed by atoms with Crippen molar-refractivity contribution in [1.29, 1.82) is 0 Å². The second-order valence-corrected chi connectivity index (χ2v) is 2.51. The van der Waals surface area contributed by atoms with Gasteiger partial charge in [0, 0.05) is 12.8 Å². The van der Waals surface area contributed by atoms with E-state index in [-0.39, 0.29) is 5.78 Å². The van der Waals surface area contributed by atoms with Crippen molar-refractivity contribution in [1.82, 2.24) is 0 Å². The van der Waals surface area contributed by atoms with E-state index in [1.54, 1.807) is 0 Å². The van der Waals surface area contributed by atoms with Crippen molar-refractivity contribution in [3.63, 3.8) is 0 Å². The molecule has 0 aliphatic carbocycles. The number of hydrogen-bond donors (Lipinski definition) is 1. The summed E-state index contributed by atoms with van der Waals surface area (Å²) in [5.41, 5.74) is 5.26. The molecule has 0 aromatic rings. The van der Waals surface area contributed by atoms with Crippen molar-refractivity contribution in [2.24, 2.45) is 10.7 Å². The van der Waals surface area contributed by atoms with Crippen LogP contribution in [0.3, 0.4) is 0 Å². The highest BCUT2D eigenvalue weighted by atomic mass is 16.1. The van der Waals surface area contributed by atoms with Crippen molar-refractivity contribution in [3.8, 4) is 0 Å². The van der Waals surface area contributed by atoms with E-state index >= 15 is 0 Å². The Morgan fingerprint density at radius 2 is 2.25 bits per heavy atom. The molecule has 0 heterocycles. The summed E-state index contributed by atoms with van der Waals surface area (Å²) in [5, 5.41) is 0.